The van der Waals surface area contributed by atoms with Gasteiger partial charge in [0.15, 0.2) is 5.78 Å². The van der Waals surface area contributed by atoms with Gasteiger partial charge in [-0.25, -0.2) is 0 Å². The molecule has 0 radical (unpaired) electrons. The van der Waals surface area contributed by atoms with Crippen LogP contribution >= 0.6 is 0 Å². The first kappa shape index (κ1) is 17.0. The molecule has 0 spiro atoms. The maximum atomic E-state index is 13.3. The van der Waals surface area contributed by atoms with Gasteiger partial charge in [-0.1, -0.05) is 18.2 Å². The number of ketones is 1. The van der Waals surface area contributed by atoms with E-state index >= 15 is 0 Å². The fourth-order valence-corrected chi connectivity index (χ4v) is 3.92. The first-order chi connectivity index (χ1) is 12.6. The smallest absolute Gasteiger partial charge is 0.245 e. The van der Waals surface area contributed by atoms with Gasteiger partial charge >= 0.3 is 0 Å². The van der Waals surface area contributed by atoms with Crippen molar-refractivity contribution in [2.75, 3.05) is 37.7 Å². The predicted molar refractivity (Wildman–Crippen MR) is 99.0 cm³/mol. The highest BCUT2D eigenvalue weighted by Crippen LogP contribution is 2.39. The van der Waals surface area contributed by atoms with Gasteiger partial charge in [0.05, 0.1) is 31.1 Å². The van der Waals surface area contributed by atoms with Gasteiger partial charge in [-0.2, -0.15) is 0 Å². The van der Waals surface area contributed by atoms with Gasteiger partial charge in [-0.05, 0) is 24.1 Å². The SMILES string of the molecule is Cc1cn(C)c2c1N(C(=O)CN1CCOCC1)c1ccccc1CC2=O. The largest absolute Gasteiger partial charge is 0.379 e. The molecule has 4 rings (SSSR count). The van der Waals surface area contributed by atoms with E-state index in [4.69, 9.17) is 4.74 Å². The summed E-state index contributed by atoms with van der Waals surface area (Å²) in [5, 5.41) is 0. The molecular formula is C20H23N3O3. The molecule has 2 aromatic rings. The number of carbonyl (C=O) groups is 2. The van der Waals surface area contributed by atoms with E-state index in [1.807, 2.05) is 49.0 Å². The number of fused-ring (bicyclic) bond motifs is 2. The fourth-order valence-electron chi connectivity index (χ4n) is 3.92. The number of Topliss-reactive ketones (excluding diaryl/α,β-unsaturated/α-hetero) is 1. The third-order valence-corrected chi connectivity index (χ3v) is 5.12. The molecule has 0 N–H and O–H groups in total. The van der Waals surface area contributed by atoms with Crippen LogP contribution in [0.25, 0.3) is 0 Å². The van der Waals surface area contributed by atoms with Crippen LogP contribution in [0.5, 0.6) is 0 Å². The highest BCUT2D eigenvalue weighted by Gasteiger charge is 2.33. The summed E-state index contributed by atoms with van der Waals surface area (Å²) in [6.45, 7) is 5.08. The van der Waals surface area contributed by atoms with Crippen molar-refractivity contribution >= 4 is 23.1 Å². The van der Waals surface area contributed by atoms with Gasteiger partial charge in [0, 0.05) is 32.8 Å². The van der Waals surface area contributed by atoms with Crippen LogP contribution < -0.4 is 4.90 Å². The number of hydrogen-bond acceptors (Lipinski definition) is 4. The van der Waals surface area contributed by atoms with Crippen LogP contribution in [0.2, 0.25) is 0 Å². The van der Waals surface area contributed by atoms with Crippen molar-refractivity contribution in [3.63, 3.8) is 0 Å². The molecule has 1 aromatic heterocycles. The number of nitrogens with zero attached hydrogens (tertiary/aromatic N) is 3. The molecule has 0 unspecified atom stereocenters. The van der Waals surface area contributed by atoms with Crippen molar-refractivity contribution in [3.8, 4) is 0 Å². The van der Waals surface area contributed by atoms with E-state index in [2.05, 4.69) is 4.90 Å². The Morgan fingerprint density at radius 1 is 1.19 bits per heavy atom. The Hall–Kier alpha value is -2.44. The second kappa shape index (κ2) is 6.70. The third kappa shape index (κ3) is 2.85. The second-order valence-corrected chi connectivity index (χ2v) is 6.97. The molecule has 1 fully saturated rings. The molecular weight excluding hydrogens is 330 g/mol. The number of para-hydroxylation sites is 1. The number of benzene rings is 1. The van der Waals surface area contributed by atoms with Gasteiger partial charge in [-0.15, -0.1) is 0 Å². The zero-order valence-corrected chi connectivity index (χ0v) is 15.2. The molecule has 1 aromatic carbocycles. The van der Waals surface area contributed by atoms with E-state index in [1.165, 1.54) is 0 Å². The number of morpholine rings is 1. The number of carbonyl (C=O) groups excluding carboxylic acids is 2. The number of aryl methyl sites for hydroxylation is 2. The first-order valence-electron chi connectivity index (χ1n) is 8.96. The lowest BCUT2D eigenvalue weighted by molar-refractivity contribution is -0.120. The maximum absolute atomic E-state index is 13.3. The number of ether oxygens (including phenoxy) is 1. The summed E-state index contributed by atoms with van der Waals surface area (Å²) in [5.74, 6) is 0.0364. The number of rotatable bonds is 2. The van der Waals surface area contributed by atoms with E-state index in [9.17, 15) is 9.59 Å². The van der Waals surface area contributed by atoms with Crippen molar-refractivity contribution in [2.24, 2.45) is 7.05 Å². The minimum Gasteiger partial charge on any atom is -0.379 e. The Labute approximate surface area is 153 Å². The lowest BCUT2D eigenvalue weighted by Gasteiger charge is -2.30. The highest BCUT2D eigenvalue weighted by molar-refractivity contribution is 6.13. The standard InChI is InChI=1S/C20H23N3O3/c1-14-12-21(2)20-17(24)11-15-5-3-4-6-16(15)23(19(14)20)18(25)13-22-7-9-26-10-8-22/h3-6,12H,7-11,13H2,1-2H3. The number of anilines is 2. The maximum Gasteiger partial charge on any atom is 0.245 e. The molecule has 3 heterocycles. The number of hydrogen-bond donors (Lipinski definition) is 0. The van der Waals surface area contributed by atoms with E-state index < -0.39 is 0 Å². The summed E-state index contributed by atoms with van der Waals surface area (Å²) in [7, 11) is 1.87. The van der Waals surface area contributed by atoms with Gasteiger partial charge in [0.1, 0.15) is 5.69 Å². The molecule has 1 saturated heterocycles. The van der Waals surface area contributed by atoms with Gasteiger partial charge in [0.25, 0.3) is 0 Å². The van der Waals surface area contributed by atoms with Crippen molar-refractivity contribution in [2.45, 2.75) is 13.3 Å². The summed E-state index contributed by atoms with van der Waals surface area (Å²) in [6.07, 6.45) is 2.23. The van der Waals surface area contributed by atoms with Crippen LogP contribution in [-0.2, 0) is 23.0 Å². The molecule has 1 amide bonds. The van der Waals surface area contributed by atoms with Crippen molar-refractivity contribution in [1.29, 1.82) is 0 Å². The van der Waals surface area contributed by atoms with Crippen LogP contribution in [0.1, 0.15) is 21.6 Å². The number of amides is 1. The number of aromatic nitrogens is 1. The zero-order valence-electron chi connectivity index (χ0n) is 15.2. The average Bonchev–Trinajstić information content (AvgIpc) is 2.83. The van der Waals surface area contributed by atoms with Gasteiger partial charge in [-0.3, -0.25) is 19.4 Å². The van der Waals surface area contributed by atoms with Crippen molar-refractivity contribution in [1.82, 2.24) is 9.47 Å². The summed E-state index contributed by atoms with van der Waals surface area (Å²) < 4.78 is 7.22. The minimum atomic E-state index is -0.00963. The lowest BCUT2D eigenvalue weighted by Crippen LogP contribution is -2.43. The quantitative estimate of drug-likeness (QED) is 0.829. The normalized spacial score (nSPS) is 17.6. The Morgan fingerprint density at radius 2 is 1.92 bits per heavy atom. The molecule has 0 saturated carbocycles. The van der Waals surface area contributed by atoms with Crippen LogP contribution in [0, 0.1) is 6.92 Å². The minimum absolute atomic E-state index is 0.00963. The Bertz CT molecular complexity index is 865. The highest BCUT2D eigenvalue weighted by atomic mass is 16.5. The Kier molecular flexibility index (Phi) is 4.38. The van der Waals surface area contributed by atoms with Gasteiger partial charge < -0.3 is 9.30 Å². The predicted octanol–water partition coefficient (Wildman–Crippen LogP) is 2.07. The van der Waals surface area contributed by atoms with Crippen molar-refractivity contribution < 1.29 is 14.3 Å². The summed E-state index contributed by atoms with van der Waals surface area (Å²) in [5.41, 5.74) is 3.97. The molecule has 0 atom stereocenters. The van der Waals surface area contributed by atoms with Gasteiger partial charge in [0.2, 0.25) is 5.91 Å². The molecule has 0 aliphatic carbocycles. The molecule has 2 aliphatic rings. The summed E-state index contributed by atoms with van der Waals surface area (Å²) >= 11 is 0. The molecule has 6 nitrogen and oxygen atoms in total. The van der Waals surface area contributed by atoms with Crippen LogP contribution in [-0.4, -0.2) is 54.0 Å². The fraction of sp³-hybridized carbons (Fsp3) is 0.400. The molecule has 6 heteroatoms. The van der Waals surface area contributed by atoms with E-state index in [0.717, 1.165) is 35.6 Å². The van der Waals surface area contributed by atoms with E-state index in [1.54, 1.807) is 4.90 Å². The molecule has 26 heavy (non-hydrogen) atoms. The third-order valence-electron chi connectivity index (χ3n) is 5.12. The van der Waals surface area contributed by atoms with E-state index in [-0.39, 0.29) is 11.7 Å². The second-order valence-electron chi connectivity index (χ2n) is 6.97. The summed E-state index contributed by atoms with van der Waals surface area (Å²) in [6, 6.07) is 7.70. The molecule has 2 aliphatic heterocycles. The van der Waals surface area contributed by atoms with Crippen LogP contribution in [0.15, 0.2) is 30.5 Å². The molecule has 0 bridgehead atoms. The van der Waals surface area contributed by atoms with Crippen LogP contribution in [0.3, 0.4) is 0 Å². The Balaban J connectivity index is 1.80. The molecule has 136 valence electrons. The van der Waals surface area contributed by atoms with Crippen LogP contribution in [0.4, 0.5) is 11.4 Å². The first-order valence-corrected chi connectivity index (χ1v) is 8.96. The van der Waals surface area contributed by atoms with Crippen molar-refractivity contribution in [3.05, 3.63) is 47.3 Å². The lowest BCUT2D eigenvalue weighted by atomic mass is 10.1. The zero-order chi connectivity index (χ0) is 18.3. The monoisotopic (exact) mass is 353 g/mol. The average molecular weight is 353 g/mol. The summed E-state index contributed by atoms with van der Waals surface area (Å²) in [4.78, 5) is 30.1. The van der Waals surface area contributed by atoms with E-state index in [0.29, 0.717) is 31.9 Å². The topological polar surface area (TPSA) is 54.8 Å². The Morgan fingerprint density at radius 3 is 2.69 bits per heavy atom.